The van der Waals surface area contributed by atoms with Crippen molar-refractivity contribution in [3.63, 3.8) is 0 Å². The molecule has 0 aliphatic carbocycles. The van der Waals surface area contributed by atoms with Crippen LogP contribution in [0.25, 0.3) is 0 Å². The number of nitrogens with two attached hydrogens (primary N) is 1. The lowest BCUT2D eigenvalue weighted by Crippen LogP contribution is -2.28. The molecule has 0 unspecified atom stereocenters. The third-order valence-corrected chi connectivity index (χ3v) is 2.16. The van der Waals surface area contributed by atoms with E-state index in [1.165, 1.54) is 13.8 Å². The Labute approximate surface area is 89.9 Å². The second-order valence-corrected chi connectivity index (χ2v) is 3.64. The molecule has 0 atom stereocenters. The van der Waals surface area contributed by atoms with Gasteiger partial charge in [-0.25, -0.2) is 10.3 Å². The summed E-state index contributed by atoms with van der Waals surface area (Å²) in [5, 5.41) is 10.5. The van der Waals surface area contributed by atoms with Gasteiger partial charge in [-0.3, -0.25) is 15.0 Å². The van der Waals surface area contributed by atoms with Crippen molar-refractivity contribution in [2.45, 2.75) is 19.4 Å². The summed E-state index contributed by atoms with van der Waals surface area (Å²) >= 11 is 0. The molecular formula is C9H10F2N2O3. The maximum absolute atomic E-state index is 13.6. The van der Waals surface area contributed by atoms with E-state index in [1.54, 1.807) is 0 Å². The van der Waals surface area contributed by atoms with Crippen molar-refractivity contribution < 1.29 is 18.5 Å². The number of benzene rings is 1. The number of nitro benzene ring substituents is 1. The summed E-state index contributed by atoms with van der Waals surface area (Å²) in [5.41, 5.74) is -2.87. The molecule has 0 aliphatic heterocycles. The highest BCUT2D eigenvalue weighted by Crippen LogP contribution is 2.32. The van der Waals surface area contributed by atoms with Crippen molar-refractivity contribution in [3.05, 3.63) is 39.4 Å². The van der Waals surface area contributed by atoms with Crippen molar-refractivity contribution in [3.8, 4) is 0 Å². The largest absolute Gasteiger partial charge is 0.305 e. The molecule has 88 valence electrons. The molecule has 16 heavy (non-hydrogen) atoms. The number of halogens is 2. The third-order valence-electron chi connectivity index (χ3n) is 2.16. The SMILES string of the molecule is CC(C)(ON)c1c(F)ccc([N+](=O)[O-])c1F. The van der Waals surface area contributed by atoms with Crippen LogP contribution in [0, 0.1) is 21.7 Å². The van der Waals surface area contributed by atoms with Gasteiger partial charge < -0.3 is 0 Å². The van der Waals surface area contributed by atoms with Gasteiger partial charge in [0, 0.05) is 6.07 Å². The van der Waals surface area contributed by atoms with Gasteiger partial charge in [-0.15, -0.1) is 0 Å². The minimum atomic E-state index is -1.49. The lowest BCUT2D eigenvalue weighted by atomic mass is 9.96. The lowest BCUT2D eigenvalue weighted by molar-refractivity contribution is -0.387. The number of hydrogen-bond donors (Lipinski definition) is 1. The Morgan fingerprint density at radius 3 is 2.44 bits per heavy atom. The predicted molar refractivity (Wildman–Crippen MR) is 51.3 cm³/mol. The summed E-state index contributed by atoms with van der Waals surface area (Å²) in [5.74, 6) is 2.68. The second kappa shape index (κ2) is 4.11. The molecule has 0 aromatic heterocycles. The van der Waals surface area contributed by atoms with Crippen LogP contribution >= 0.6 is 0 Å². The highest BCUT2D eigenvalue weighted by atomic mass is 19.1. The van der Waals surface area contributed by atoms with E-state index < -0.39 is 33.4 Å². The van der Waals surface area contributed by atoms with Crippen LogP contribution in [0.15, 0.2) is 12.1 Å². The highest BCUT2D eigenvalue weighted by molar-refractivity contribution is 5.40. The van der Waals surface area contributed by atoms with Crippen LogP contribution in [0.4, 0.5) is 14.5 Å². The van der Waals surface area contributed by atoms with Crippen LogP contribution in [0.3, 0.4) is 0 Å². The Balaban J connectivity index is 3.49. The van der Waals surface area contributed by atoms with E-state index in [1.807, 2.05) is 0 Å². The number of rotatable bonds is 3. The third kappa shape index (κ3) is 2.00. The highest BCUT2D eigenvalue weighted by Gasteiger charge is 2.33. The Morgan fingerprint density at radius 2 is 2.00 bits per heavy atom. The fraction of sp³-hybridized carbons (Fsp3) is 0.333. The van der Waals surface area contributed by atoms with Gasteiger partial charge >= 0.3 is 5.69 Å². The molecule has 1 aromatic carbocycles. The number of nitrogens with zero attached hydrogens (tertiary/aromatic N) is 1. The molecule has 0 amide bonds. The minimum Gasteiger partial charge on any atom is -0.294 e. The molecule has 0 saturated carbocycles. The van der Waals surface area contributed by atoms with E-state index in [4.69, 9.17) is 5.90 Å². The van der Waals surface area contributed by atoms with Crippen LogP contribution in [0.2, 0.25) is 0 Å². The van der Waals surface area contributed by atoms with Crippen LogP contribution in [-0.4, -0.2) is 4.92 Å². The predicted octanol–water partition coefficient (Wildman–Crippen LogP) is 2.00. The fourth-order valence-electron chi connectivity index (χ4n) is 1.29. The number of hydrogen-bond acceptors (Lipinski definition) is 4. The van der Waals surface area contributed by atoms with E-state index in [-0.39, 0.29) is 0 Å². The first-order valence-corrected chi connectivity index (χ1v) is 4.32. The minimum absolute atomic E-state index is 0.566. The molecular weight excluding hydrogens is 222 g/mol. The van der Waals surface area contributed by atoms with E-state index >= 15 is 0 Å². The maximum Gasteiger partial charge on any atom is 0.305 e. The molecule has 0 aliphatic rings. The van der Waals surface area contributed by atoms with Gasteiger partial charge in [0.25, 0.3) is 0 Å². The number of nitro groups is 1. The van der Waals surface area contributed by atoms with E-state index in [9.17, 15) is 18.9 Å². The van der Waals surface area contributed by atoms with E-state index in [2.05, 4.69) is 4.84 Å². The van der Waals surface area contributed by atoms with Gasteiger partial charge in [0.1, 0.15) is 11.4 Å². The van der Waals surface area contributed by atoms with Crippen LogP contribution < -0.4 is 5.90 Å². The summed E-state index contributed by atoms with van der Waals surface area (Å²) in [6, 6.07) is 1.55. The molecule has 1 rings (SSSR count). The smallest absolute Gasteiger partial charge is 0.294 e. The zero-order valence-corrected chi connectivity index (χ0v) is 8.66. The van der Waals surface area contributed by atoms with Gasteiger partial charge in [0.05, 0.1) is 10.5 Å². The molecule has 1 aromatic rings. The molecule has 0 heterocycles. The summed E-state index contributed by atoms with van der Waals surface area (Å²) < 4.78 is 27.0. The van der Waals surface area contributed by atoms with Crippen molar-refractivity contribution in [2.24, 2.45) is 5.90 Å². The van der Waals surface area contributed by atoms with E-state index in [0.29, 0.717) is 0 Å². The molecule has 0 fully saturated rings. The first-order valence-electron chi connectivity index (χ1n) is 4.32. The molecule has 0 radical (unpaired) electrons. The summed E-state index contributed by atoms with van der Waals surface area (Å²) in [6.45, 7) is 2.61. The Kier molecular flexibility index (Phi) is 3.20. The standard InChI is InChI=1S/C9H10F2N2O3/c1-9(2,16-12)7-5(10)3-4-6(8(7)11)13(14)15/h3-4H,12H2,1-2H3. The van der Waals surface area contributed by atoms with Crippen LogP contribution in [0.5, 0.6) is 0 Å². The van der Waals surface area contributed by atoms with Gasteiger partial charge in [0.15, 0.2) is 0 Å². The average Bonchev–Trinajstić information content (AvgIpc) is 2.16. The van der Waals surface area contributed by atoms with Gasteiger partial charge in [-0.2, -0.15) is 4.39 Å². The Hall–Kier alpha value is -1.60. The monoisotopic (exact) mass is 232 g/mol. The van der Waals surface area contributed by atoms with E-state index in [0.717, 1.165) is 12.1 Å². The van der Waals surface area contributed by atoms with Crippen LogP contribution in [-0.2, 0) is 10.4 Å². The zero-order valence-electron chi connectivity index (χ0n) is 8.66. The summed E-state index contributed by atoms with van der Waals surface area (Å²) in [7, 11) is 0. The normalized spacial score (nSPS) is 11.6. The summed E-state index contributed by atoms with van der Waals surface area (Å²) in [6.07, 6.45) is 0. The first-order chi connectivity index (χ1) is 7.31. The van der Waals surface area contributed by atoms with Crippen molar-refractivity contribution >= 4 is 5.69 Å². The Morgan fingerprint density at radius 1 is 1.44 bits per heavy atom. The van der Waals surface area contributed by atoms with Crippen molar-refractivity contribution in [1.82, 2.24) is 0 Å². The van der Waals surface area contributed by atoms with Gasteiger partial charge in [0.2, 0.25) is 5.82 Å². The first kappa shape index (κ1) is 12.5. The molecule has 5 nitrogen and oxygen atoms in total. The van der Waals surface area contributed by atoms with Gasteiger partial charge in [-0.05, 0) is 19.9 Å². The van der Waals surface area contributed by atoms with Crippen LogP contribution in [0.1, 0.15) is 19.4 Å². The summed E-state index contributed by atoms with van der Waals surface area (Å²) in [4.78, 5) is 13.9. The van der Waals surface area contributed by atoms with Gasteiger partial charge in [-0.1, -0.05) is 0 Å². The fourth-order valence-corrected chi connectivity index (χ4v) is 1.29. The molecule has 0 spiro atoms. The quantitative estimate of drug-likeness (QED) is 0.638. The Bertz CT molecular complexity index is 435. The van der Waals surface area contributed by atoms with Crippen molar-refractivity contribution in [2.75, 3.05) is 0 Å². The topological polar surface area (TPSA) is 78.4 Å². The van der Waals surface area contributed by atoms with Crippen molar-refractivity contribution in [1.29, 1.82) is 0 Å². The molecule has 7 heteroatoms. The maximum atomic E-state index is 13.6. The zero-order chi connectivity index (χ0) is 12.5. The second-order valence-electron chi connectivity index (χ2n) is 3.64. The molecule has 0 bridgehead atoms. The average molecular weight is 232 g/mol. The lowest BCUT2D eigenvalue weighted by Gasteiger charge is -2.22. The molecule has 0 saturated heterocycles. The molecule has 2 N–H and O–H groups in total.